The van der Waals surface area contributed by atoms with E-state index in [4.69, 9.17) is 4.74 Å². The first kappa shape index (κ1) is 29.0. The smallest absolute Gasteiger partial charge is 0.262 e. The summed E-state index contributed by atoms with van der Waals surface area (Å²) >= 11 is 0. The summed E-state index contributed by atoms with van der Waals surface area (Å²) in [6, 6.07) is 29.8. The molecule has 0 aliphatic carbocycles. The van der Waals surface area contributed by atoms with Crippen LogP contribution < -0.4 is 15.0 Å². The zero-order valence-corrected chi connectivity index (χ0v) is 23.5. The Bertz CT molecular complexity index is 1630. The lowest BCUT2D eigenvalue weighted by molar-refractivity contribution is -0.128. The van der Waals surface area contributed by atoms with Crippen molar-refractivity contribution in [1.29, 1.82) is 0 Å². The Morgan fingerprint density at radius 3 is 2.21 bits per heavy atom. The van der Waals surface area contributed by atoms with Gasteiger partial charge in [0.2, 0.25) is 15.9 Å². The summed E-state index contributed by atoms with van der Waals surface area (Å²) in [5.41, 5.74) is 2.03. The van der Waals surface area contributed by atoms with Crippen LogP contribution in [0.25, 0.3) is 0 Å². The van der Waals surface area contributed by atoms with Crippen LogP contribution in [-0.2, 0) is 32.6 Å². The number of ether oxygens (including phenoxy) is 1. The van der Waals surface area contributed by atoms with Crippen molar-refractivity contribution in [1.82, 2.24) is 9.62 Å². The highest BCUT2D eigenvalue weighted by molar-refractivity contribution is 7.89. The molecule has 0 bridgehead atoms. The van der Waals surface area contributed by atoms with E-state index in [-0.39, 0.29) is 23.9 Å². The van der Waals surface area contributed by atoms with Gasteiger partial charge in [-0.15, -0.1) is 0 Å². The minimum absolute atomic E-state index is 0.0259. The normalized spacial score (nSPS) is 14.6. The Morgan fingerprint density at radius 2 is 1.50 bits per heavy atom. The fraction of sp³-hybridized carbons (Fsp3) is 0.188. The predicted octanol–water partition coefficient (Wildman–Crippen LogP) is 4.17. The molecule has 4 aromatic carbocycles. The Hall–Kier alpha value is -4.54. The fourth-order valence-corrected chi connectivity index (χ4v) is 6.09. The van der Waals surface area contributed by atoms with Crippen LogP contribution >= 0.6 is 0 Å². The third-order valence-corrected chi connectivity index (χ3v) is 8.69. The second-order valence-corrected chi connectivity index (χ2v) is 11.8. The molecule has 5 rings (SSSR count). The Labute approximate surface area is 244 Å². The fourth-order valence-electron chi connectivity index (χ4n) is 4.69. The number of nitrogens with one attached hydrogen (secondary N) is 1. The summed E-state index contributed by atoms with van der Waals surface area (Å²) in [7, 11) is -4.11. The van der Waals surface area contributed by atoms with Crippen molar-refractivity contribution in [3.05, 3.63) is 126 Å². The maximum absolute atomic E-state index is 13.8. The summed E-state index contributed by atoms with van der Waals surface area (Å²) in [5.74, 6) is -1.02. The van der Waals surface area contributed by atoms with Crippen LogP contribution in [0.15, 0.2) is 114 Å². The number of carbonyl (C=O) groups excluding carboxylic acids is 2. The Kier molecular flexibility index (Phi) is 8.94. The summed E-state index contributed by atoms with van der Waals surface area (Å²) in [6.07, 6.45) is -0.357. The number of nitrogens with zero attached hydrogens (tertiary/aromatic N) is 2. The highest BCUT2D eigenvalue weighted by Crippen LogP contribution is 2.33. The van der Waals surface area contributed by atoms with Gasteiger partial charge in [0.05, 0.1) is 23.7 Å². The number of hydrogen-bond acceptors (Lipinski definition) is 5. The second-order valence-electron chi connectivity index (χ2n) is 9.82. The van der Waals surface area contributed by atoms with Gasteiger partial charge in [-0.25, -0.2) is 12.8 Å². The topological polar surface area (TPSA) is 96.0 Å². The van der Waals surface area contributed by atoms with Crippen molar-refractivity contribution in [2.24, 2.45) is 0 Å². The van der Waals surface area contributed by atoms with Gasteiger partial charge in [0.25, 0.3) is 5.91 Å². The van der Waals surface area contributed by atoms with Crippen LogP contribution in [0.4, 0.5) is 10.1 Å². The van der Waals surface area contributed by atoms with Crippen molar-refractivity contribution in [2.45, 2.75) is 24.0 Å². The van der Waals surface area contributed by atoms with Crippen molar-refractivity contribution < 1.29 is 27.1 Å². The predicted molar refractivity (Wildman–Crippen MR) is 157 cm³/mol. The molecule has 0 unspecified atom stereocenters. The molecular formula is C32H30FN3O5S. The highest BCUT2D eigenvalue weighted by Gasteiger charge is 2.36. The van der Waals surface area contributed by atoms with E-state index >= 15 is 0 Å². The van der Waals surface area contributed by atoms with Gasteiger partial charge in [0, 0.05) is 13.1 Å². The van der Waals surface area contributed by atoms with Crippen molar-refractivity contribution in [3.63, 3.8) is 0 Å². The molecule has 0 fully saturated rings. The van der Waals surface area contributed by atoms with Gasteiger partial charge in [-0.2, -0.15) is 4.31 Å². The van der Waals surface area contributed by atoms with E-state index in [1.54, 1.807) is 42.5 Å². The Balaban J connectivity index is 1.36. The number of fused-ring (bicyclic) bond motifs is 1. The standard InChI is InChI=1S/C32H30FN3O5S/c33-26-17-15-25(16-18-26)21-35(42(39,40)27-11-5-2-6-12-27)23-31(37)36-22-30(41-29-14-8-7-13-28(29)36)32(38)34-20-19-24-9-3-1-4-10-24/h1-18,30H,19-23H2,(H,34,38)/t30-/m0/s1. The van der Waals surface area contributed by atoms with Gasteiger partial charge in [-0.3, -0.25) is 9.59 Å². The van der Waals surface area contributed by atoms with Crippen LogP contribution in [0.2, 0.25) is 0 Å². The number of benzene rings is 4. The first-order valence-electron chi connectivity index (χ1n) is 13.5. The minimum atomic E-state index is -4.11. The molecule has 1 N–H and O–H groups in total. The van der Waals surface area contributed by atoms with Crippen LogP contribution in [0.5, 0.6) is 5.75 Å². The number of para-hydroxylation sites is 2. The molecule has 42 heavy (non-hydrogen) atoms. The quantitative estimate of drug-likeness (QED) is 0.301. The SMILES string of the molecule is O=C(NCCc1ccccc1)[C@@H]1CN(C(=O)CN(Cc2ccc(F)cc2)S(=O)(=O)c2ccccc2)c2ccccc2O1. The van der Waals surface area contributed by atoms with Crippen molar-refractivity contribution >= 4 is 27.5 Å². The molecular weight excluding hydrogens is 557 g/mol. The van der Waals surface area contributed by atoms with Crippen molar-refractivity contribution in [3.8, 4) is 5.75 Å². The molecule has 0 aromatic heterocycles. The maximum atomic E-state index is 13.8. The van der Waals surface area contributed by atoms with E-state index < -0.39 is 34.4 Å². The summed E-state index contributed by atoms with van der Waals surface area (Å²) in [5, 5.41) is 2.88. The lowest BCUT2D eigenvalue weighted by Crippen LogP contribution is -2.53. The largest absolute Gasteiger partial charge is 0.477 e. The minimum Gasteiger partial charge on any atom is -0.477 e. The molecule has 0 radical (unpaired) electrons. The number of sulfonamides is 1. The van der Waals surface area contributed by atoms with Gasteiger partial charge in [0.1, 0.15) is 11.6 Å². The van der Waals surface area contributed by atoms with Gasteiger partial charge >= 0.3 is 0 Å². The van der Waals surface area contributed by atoms with Gasteiger partial charge in [-0.1, -0.05) is 72.8 Å². The van der Waals surface area contributed by atoms with E-state index in [1.165, 1.54) is 41.3 Å². The van der Waals surface area contributed by atoms with E-state index in [1.807, 2.05) is 30.3 Å². The number of amides is 2. The number of hydrogen-bond donors (Lipinski definition) is 1. The van der Waals surface area contributed by atoms with E-state index in [9.17, 15) is 22.4 Å². The monoisotopic (exact) mass is 587 g/mol. The average molecular weight is 588 g/mol. The average Bonchev–Trinajstić information content (AvgIpc) is 3.02. The molecule has 0 saturated heterocycles. The zero-order valence-electron chi connectivity index (χ0n) is 22.7. The molecule has 1 heterocycles. The second kappa shape index (κ2) is 13.0. The molecule has 1 aliphatic heterocycles. The van der Waals surface area contributed by atoms with Gasteiger partial charge in [0.15, 0.2) is 6.10 Å². The Morgan fingerprint density at radius 1 is 0.857 bits per heavy atom. The van der Waals surface area contributed by atoms with Crippen LogP contribution in [0.1, 0.15) is 11.1 Å². The molecule has 10 heteroatoms. The molecule has 8 nitrogen and oxygen atoms in total. The lowest BCUT2D eigenvalue weighted by Gasteiger charge is -2.35. The lowest BCUT2D eigenvalue weighted by atomic mass is 10.1. The van der Waals surface area contributed by atoms with Crippen molar-refractivity contribution in [2.75, 3.05) is 24.5 Å². The molecule has 1 atom stereocenters. The molecule has 2 amide bonds. The zero-order chi connectivity index (χ0) is 29.5. The highest BCUT2D eigenvalue weighted by atomic mass is 32.2. The van der Waals surface area contributed by atoms with Crippen LogP contribution in [-0.4, -0.2) is 50.3 Å². The molecule has 1 aliphatic rings. The number of anilines is 1. The maximum Gasteiger partial charge on any atom is 0.262 e. The van der Waals surface area contributed by atoms with Gasteiger partial charge in [-0.05, 0) is 53.9 Å². The molecule has 4 aromatic rings. The third-order valence-electron chi connectivity index (χ3n) is 6.89. The van der Waals surface area contributed by atoms with Crippen LogP contribution in [0, 0.1) is 5.82 Å². The summed E-state index contributed by atoms with van der Waals surface area (Å²) in [6.45, 7) is -0.369. The summed E-state index contributed by atoms with van der Waals surface area (Å²) < 4.78 is 47.9. The molecule has 0 spiro atoms. The van der Waals surface area contributed by atoms with E-state index in [2.05, 4.69) is 5.32 Å². The van der Waals surface area contributed by atoms with Gasteiger partial charge < -0.3 is 15.0 Å². The van der Waals surface area contributed by atoms with Crippen LogP contribution in [0.3, 0.4) is 0 Å². The molecule has 216 valence electrons. The first-order valence-corrected chi connectivity index (χ1v) is 14.9. The number of rotatable bonds is 10. The number of halogens is 1. The van der Waals surface area contributed by atoms with E-state index in [0.717, 1.165) is 9.87 Å². The third kappa shape index (κ3) is 6.84. The van der Waals surface area contributed by atoms with E-state index in [0.29, 0.717) is 30.0 Å². The first-order chi connectivity index (χ1) is 20.3. The number of carbonyl (C=O) groups is 2. The molecule has 0 saturated carbocycles. The summed E-state index contributed by atoms with van der Waals surface area (Å²) in [4.78, 5) is 28.3.